The van der Waals surface area contributed by atoms with E-state index in [9.17, 15) is 14.3 Å². The Hall–Kier alpha value is -2.13. The Labute approximate surface area is 129 Å². The quantitative estimate of drug-likeness (QED) is 0.809. The Morgan fingerprint density at radius 3 is 2.73 bits per heavy atom. The molecule has 6 heteroatoms. The van der Waals surface area contributed by atoms with Gasteiger partial charge in [0.25, 0.3) is 0 Å². The molecular formula is C16H19FN2O3. The minimum absolute atomic E-state index is 0.128. The second-order valence-corrected chi connectivity index (χ2v) is 6.39. The molecule has 0 unspecified atom stereocenters. The largest absolute Gasteiger partial charge is 0.444 e. The van der Waals surface area contributed by atoms with Crippen LogP contribution in [0.25, 0.3) is 4.85 Å². The third kappa shape index (κ3) is 3.74. The summed E-state index contributed by atoms with van der Waals surface area (Å²) in [5.74, 6) is -0.533. The van der Waals surface area contributed by atoms with Crippen molar-refractivity contribution < 1.29 is 19.0 Å². The van der Waals surface area contributed by atoms with Crippen molar-refractivity contribution >= 4 is 11.8 Å². The van der Waals surface area contributed by atoms with Crippen LogP contribution in [0.3, 0.4) is 0 Å². The summed E-state index contributed by atoms with van der Waals surface area (Å²) in [5, 5.41) is 9.87. The number of aliphatic hydroxyl groups is 1. The zero-order chi connectivity index (χ0) is 16.5. The molecule has 0 saturated carbocycles. The maximum atomic E-state index is 13.6. The number of benzene rings is 1. The van der Waals surface area contributed by atoms with Crippen LogP contribution >= 0.6 is 0 Å². The molecule has 1 fully saturated rings. The molecule has 5 nitrogen and oxygen atoms in total. The smallest absolute Gasteiger partial charge is 0.410 e. The van der Waals surface area contributed by atoms with Crippen LogP contribution in [0.1, 0.15) is 38.8 Å². The van der Waals surface area contributed by atoms with Gasteiger partial charge in [0.15, 0.2) is 5.69 Å². The molecule has 0 radical (unpaired) electrons. The van der Waals surface area contributed by atoms with E-state index in [4.69, 9.17) is 11.3 Å². The fourth-order valence-corrected chi connectivity index (χ4v) is 2.51. The highest BCUT2D eigenvalue weighted by molar-refractivity contribution is 5.69. The van der Waals surface area contributed by atoms with E-state index in [1.807, 2.05) is 0 Å². The number of halogens is 1. The lowest BCUT2D eigenvalue weighted by atomic mass is 10.0. The summed E-state index contributed by atoms with van der Waals surface area (Å²) < 4.78 is 19.0. The molecule has 1 aromatic rings. The summed E-state index contributed by atoms with van der Waals surface area (Å²) in [6.07, 6.45) is -0.958. The number of hydrogen-bond acceptors (Lipinski definition) is 3. The van der Waals surface area contributed by atoms with Crippen LogP contribution < -0.4 is 0 Å². The van der Waals surface area contributed by atoms with Crippen molar-refractivity contribution in [3.63, 3.8) is 0 Å². The molecule has 0 bridgehead atoms. The van der Waals surface area contributed by atoms with Gasteiger partial charge in [-0.2, -0.15) is 0 Å². The lowest BCUT2D eigenvalue weighted by Crippen LogP contribution is -2.37. The normalized spacial score (nSPS) is 21.5. The first-order valence-corrected chi connectivity index (χ1v) is 7.05. The number of nitrogens with zero attached hydrogens (tertiary/aromatic N) is 2. The number of amides is 1. The van der Waals surface area contributed by atoms with Gasteiger partial charge in [0.1, 0.15) is 11.4 Å². The topological polar surface area (TPSA) is 54.1 Å². The molecule has 1 amide bonds. The van der Waals surface area contributed by atoms with Gasteiger partial charge < -0.3 is 9.84 Å². The second kappa shape index (κ2) is 5.93. The van der Waals surface area contributed by atoms with Crippen LogP contribution in [0.2, 0.25) is 0 Å². The molecule has 1 N–H and O–H groups in total. The van der Waals surface area contributed by atoms with E-state index >= 15 is 0 Å². The average molecular weight is 306 g/mol. The number of carbonyl (C=O) groups is 1. The van der Waals surface area contributed by atoms with Crippen molar-refractivity contribution in [1.29, 1.82) is 0 Å². The van der Waals surface area contributed by atoms with Gasteiger partial charge in [-0.3, -0.25) is 4.90 Å². The highest BCUT2D eigenvalue weighted by Gasteiger charge is 2.37. The molecule has 0 aromatic heterocycles. The van der Waals surface area contributed by atoms with E-state index in [-0.39, 0.29) is 12.2 Å². The first-order valence-electron chi connectivity index (χ1n) is 7.05. The molecule has 1 aliphatic rings. The van der Waals surface area contributed by atoms with Gasteiger partial charge in [-0.05, 0) is 44.9 Å². The maximum absolute atomic E-state index is 13.6. The zero-order valence-electron chi connectivity index (χ0n) is 12.8. The first kappa shape index (κ1) is 16.2. The fraction of sp³-hybridized carbons (Fsp3) is 0.500. The van der Waals surface area contributed by atoms with E-state index in [0.29, 0.717) is 12.0 Å². The van der Waals surface area contributed by atoms with Crippen molar-refractivity contribution in [3.8, 4) is 0 Å². The Kier molecular flexibility index (Phi) is 4.38. The molecule has 1 aliphatic heterocycles. The second-order valence-electron chi connectivity index (χ2n) is 6.39. The Balaban J connectivity index is 2.30. The molecular weight excluding hydrogens is 287 g/mol. The summed E-state index contributed by atoms with van der Waals surface area (Å²) in [5.41, 5.74) is 0.00707. The van der Waals surface area contributed by atoms with Gasteiger partial charge in [-0.1, -0.05) is 6.07 Å². The van der Waals surface area contributed by atoms with Crippen molar-refractivity contribution in [3.05, 3.63) is 41.0 Å². The van der Waals surface area contributed by atoms with Crippen molar-refractivity contribution in [2.75, 3.05) is 6.54 Å². The molecule has 0 spiro atoms. The number of rotatable bonds is 1. The summed E-state index contributed by atoms with van der Waals surface area (Å²) in [6, 6.07) is 3.46. The standard InChI is InChI=1S/C16H19FN2O3/c1-16(2,3)22-15(21)19-9-13(20)8-14(19)10-5-11(17)7-12(6-10)18-4/h5-7,13-14,20H,8-9H2,1-3H3/t13-,14-/m1/s1. The molecule has 118 valence electrons. The molecule has 22 heavy (non-hydrogen) atoms. The van der Waals surface area contributed by atoms with E-state index in [1.54, 1.807) is 20.8 Å². The van der Waals surface area contributed by atoms with Gasteiger partial charge in [0.2, 0.25) is 0 Å². The highest BCUT2D eigenvalue weighted by atomic mass is 19.1. The number of hydrogen-bond donors (Lipinski definition) is 1. The Morgan fingerprint density at radius 2 is 2.14 bits per heavy atom. The lowest BCUT2D eigenvalue weighted by molar-refractivity contribution is 0.0206. The summed E-state index contributed by atoms with van der Waals surface area (Å²) in [4.78, 5) is 16.9. The number of β-amino-alcohol motifs (C(OH)–C–C–N with tert-alkyl or cyclic N) is 1. The van der Waals surface area contributed by atoms with Gasteiger partial charge in [0, 0.05) is 0 Å². The fourth-order valence-electron chi connectivity index (χ4n) is 2.51. The molecule has 1 saturated heterocycles. The maximum Gasteiger partial charge on any atom is 0.410 e. The lowest BCUT2D eigenvalue weighted by Gasteiger charge is -2.28. The third-order valence-corrected chi connectivity index (χ3v) is 3.33. The SMILES string of the molecule is [C-]#[N+]c1cc(F)cc([C@H]2C[C@@H](O)CN2C(=O)OC(C)(C)C)c1. The van der Waals surface area contributed by atoms with Gasteiger partial charge in [-0.25, -0.2) is 14.0 Å². The molecule has 1 aromatic carbocycles. The molecule has 2 rings (SSSR count). The number of aliphatic hydroxyl groups excluding tert-OH is 1. The first-order chi connectivity index (χ1) is 10.2. The van der Waals surface area contributed by atoms with Gasteiger partial charge >= 0.3 is 6.09 Å². The summed E-state index contributed by atoms with van der Waals surface area (Å²) >= 11 is 0. The van der Waals surface area contributed by atoms with Crippen LogP contribution in [-0.2, 0) is 4.74 Å². The van der Waals surface area contributed by atoms with E-state index in [2.05, 4.69) is 4.85 Å². The molecule has 0 aliphatic carbocycles. The molecule has 2 atom stereocenters. The monoisotopic (exact) mass is 306 g/mol. The number of likely N-dealkylation sites (tertiary alicyclic amines) is 1. The number of carbonyl (C=O) groups excluding carboxylic acids is 1. The average Bonchev–Trinajstić information content (AvgIpc) is 2.78. The molecule has 1 heterocycles. The number of ether oxygens (including phenoxy) is 1. The van der Waals surface area contributed by atoms with Crippen LogP contribution in [0.15, 0.2) is 18.2 Å². The van der Waals surface area contributed by atoms with Crippen molar-refractivity contribution in [2.24, 2.45) is 0 Å². The minimum atomic E-state index is -0.697. The van der Waals surface area contributed by atoms with Crippen molar-refractivity contribution in [2.45, 2.75) is 44.9 Å². The highest BCUT2D eigenvalue weighted by Crippen LogP contribution is 2.35. The van der Waals surface area contributed by atoms with E-state index < -0.39 is 29.7 Å². The summed E-state index contributed by atoms with van der Waals surface area (Å²) in [7, 11) is 0. The van der Waals surface area contributed by atoms with E-state index in [0.717, 1.165) is 6.07 Å². The predicted octanol–water partition coefficient (Wildman–Crippen LogP) is 3.42. The predicted molar refractivity (Wildman–Crippen MR) is 79.0 cm³/mol. The zero-order valence-corrected chi connectivity index (χ0v) is 12.8. The van der Waals surface area contributed by atoms with Crippen LogP contribution in [-0.4, -0.2) is 34.3 Å². The summed E-state index contributed by atoms with van der Waals surface area (Å²) in [6.45, 7) is 12.4. The third-order valence-electron chi connectivity index (χ3n) is 3.33. The van der Waals surface area contributed by atoms with Crippen molar-refractivity contribution in [1.82, 2.24) is 4.90 Å². The Bertz CT molecular complexity index is 619. The van der Waals surface area contributed by atoms with Crippen LogP contribution in [0.5, 0.6) is 0 Å². The van der Waals surface area contributed by atoms with Crippen LogP contribution in [0.4, 0.5) is 14.9 Å². The van der Waals surface area contributed by atoms with E-state index in [1.165, 1.54) is 17.0 Å². The van der Waals surface area contributed by atoms with Crippen LogP contribution in [0, 0.1) is 12.4 Å². The Morgan fingerprint density at radius 1 is 1.45 bits per heavy atom. The van der Waals surface area contributed by atoms with Gasteiger partial charge in [-0.15, -0.1) is 0 Å². The van der Waals surface area contributed by atoms with Gasteiger partial charge in [0.05, 0.1) is 25.3 Å². The minimum Gasteiger partial charge on any atom is -0.444 e.